The van der Waals surface area contributed by atoms with Crippen LogP contribution in [0.25, 0.3) is 0 Å². The predicted octanol–water partition coefficient (Wildman–Crippen LogP) is 3.20. The molecule has 154 valence electrons. The molecule has 2 N–H and O–H groups in total. The van der Waals surface area contributed by atoms with Gasteiger partial charge in [-0.25, -0.2) is 4.39 Å². The van der Waals surface area contributed by atoms with Gasteiger partial charge >= 0.3 is 5.97 Å². The average molecular weight is 398 g/mol. The molecule has 1 heterocycles. The van der Waals surface area contributed by atoms with E-state index in [1.54, 1.807) is 13.2 Å². The molecule has 1 saturated heterocycles. The molecule has 2 aliphatic rings. The highest BCUT2D eigenvalue weighted by Gasteiger charge is 2.49. The maximum absolute atomic E-state index is 13.8. The van der Waals surface area contributed by atoms with Gasteiger partial charge in [0.15, 0.2) is 0 Å². The van der Waals surface area contributed by atoms with Crippen LogP contribution in [0, 0.1) is 17.7 Å². The summed E-state index contributed by atoms with van der Waals surface area (Å²) in [6, 6.07) is 15.1. The van der Waals surface area contributed by atoms with Crippen molar-refractivity contribution in [2.24, 2.45) is 11.8 Å². The summed E-state index contributed by atoms with van der Waals surface area (Å²) in [5.41, 5.74) is 1.96. The Morgan fingerprint density at radius 1 is 1.17 bits per heavy atom. The molecule has 1 aliphatic carbocycles. The summed E-state index contributed by atoms with van der Waals surface area (Å²) in [5.74, 6) is 0.428. The van der Waals surface area contributed by atoms with Crippen LogP contribution in [0.15, 0.2) is 48.5 Å². The number of hydrogen-bond donors (Lipinski definition) is 2. The van der Waals surface area contributed by atoms with Gasteiger partial charge in [0.25, 0.3) is 0 Å². The Balaban J connectivity index is 1.59. The maximum atomic E-state index is 13.8. The number of piperidine rings is 1. The van der Waals surface area contributed by atoms with E-state index in [1.165, 1.54) is 24.8 Å². The van der Waals surface area contributed by atoms with Gasteiger partial charge in [-0.15, -0.1) is 0 Å². The molecule has 0 radical (unpaired) electrons. The van der Waals surface area contributed by atoms with Crippen molar-refractivity contribution in [3.8, 4) is 5.75 Å². The maximum Gasteiger partial charge on any atom is 0.310 e. The van der Waals surface area contributed by atoms with E-state index in [4.69, 9.17) is 9.47 Å². The molecule has 2 aromatic carbocycles. The van der Waals surface area contributed by atoms with Crippen LogP contribution in [0.3, 0.4) is 0 Å². The van der Waals surface area contributed by atoms with Crippen LogP contribution in [0.4, 0.5) is 4.39 Å². The molecule has 2 aromatic rings. The lowest BCUT2D eigenvalue weighted by Gasteiger charge is -2.39. The largest absolute Gasteiger partial charge is 0.496 e. The number of carbonyl (C=O) groups is 1. The first-order valence-electron chi connectivity index (χ1n) is 10.1. The highest BCUT2D eigenvalue weighted by molar-refractivity contribution is 5.73. The molecule has 1 saturated carbocycles. The summed E-state index contributed by atoms with van der Waals surface area (Å²) < 4.78 is 24.2. The summed E-state index contributed by atoms with van der Waals surface area (Å²) in [5, 5.41) is 7.32. The third-order valence-electron chi connectivity index (χ3n) is 6.29. The van der Waals surface area contributed by atoms with Crippen molar-refractivity contribution in [1.82, 2.24) is 10.6 Å². The molecule has 0 amide bonds. The zero-order valence-electron chi connectivity index (χ0n) is 16.7. The van der Waals surface area contributed by atoms with Crippen LogP contribution in [0.2, 0.25) is 0 Å². The molecule has 1 aliphatic heterocycles. The summed E-state index contributed by atoms with van der Waals surface area (Å²) in [6.45, 7) is 0.487. The van der Waals surface area contributed by atoms with E-state index >= 15 is 0 Å². The van der Waals surface area contributed by atoms with Gasteiger partial charge < -0.3 is 20.1 Å². The van der Waals surface area contributed by atoms with Crippen molar-refractivity contribution in [1.29, 1.82) is 0 Å². The molecule has 0 spiro atoms. The van der Waals surface area contributed by atoms with Crippen molar-refractivity contribution < 1.29 is 18.7 Å². The fraction of sp³-hybridized carbons (Fsp3) is 0.435. The summed E-state index contributed by atoms with van der Waals surface area (Å²) in [7, 11) is 3.04. The van der Waals surface area contributed by atoms with Crippen molar-refractivity contribution in [2.45, 2.75) is 37.5 Å². The minimum Gasteiger partial charge on any atom is -0.496 e. The third kappa shape index (κ3) is 4.00. The number of hydrogen-bond acceptors (Lipinski definition) is 5. The smallest absolute Gasteiger partial charge is 0.310 e. The quantitative estimate of drug-likeness (QED) is 0.732. The molecular formula is C23H27FN2O3. The fourth-order valence-electron chi connectivity index (χ4n) is 4.93. The zero-order valence-corrected chi connectivity index (χ0v) is 16.7. The van der Waals surface area contributed by atoms with Crippen molar-refractivity contribution >= 4 is 5.97 Å². The van der Waals surface area contributed by atoms with E-state index in [0.29, 0.717) is 18.2 Å². The number of ether oxygens (including phenoxy) is 2. The van der Waals surface area contributed by atoms with Gasteiger partial charge in [0.1, 0.15) is 11.6 Å². The standard InChI is InChI=1S/C23H27FN2O3/c1-28-20-9-8-17(24)10-16(20)13-25-21-15-11-18(23(27)29-2)19(12-15)26-22(21)14-6-4-3-5-7-14/h3-10,15,18-19,21-22,25-26H,11-13H2,1-2H3. The van der Waals surface area contributed by atoms with Crippen LogP contribution in [0.1, 0.15) is 30.0 Å². The monoisotopic (exact) mass is 398 g/mol. The van der Waals surface area contributed by atoms with E-state index < -0.39 is 0 Å². The Kier molecular flexibility index (Phi) is 5.83. The molecular weight excluding hydrogens is 371 g/mol. The van der Waals surface area contributed by atoms with E-state index in [1.807, 2.05) is 18.2 Å². The average Bonchev–Trinajstić information content (AvgIpc) is 3.10. The van der Waals surface area contributed by atoms with Gasteiger partial charge in [-0.05, 0) is 42.5 Å². The Hall–Kier alpha value is -2.44. The first-order chi connectivity index (χ1) is 14.1. The Bertz CT molecular complexity index is 860. The Labute approximate surface area is 170 Å². The van der Waals surface area contributed by atoms with Gasteiger partial charge in [-0.1, -0.05) is 30.3 Å². The number of rotatable bonds is 6. The van der Waals surface area contributed by atoms with Crippen LogP contribution in [0.5, 0.6) is 5.75 Å². The lowest BCUT2D eigenvalue weighted by atomic mass is 9.84. The molecule has 5 unspecified atom stereocenters. The molecule has 2 bridgehead atoms. The van der Waals surface area contributed by atoms with Gasteiger partial charge in [0.2, 0.25) is 0 Å². The van der Waals surface area contributed by atoms with Crippen molar-refractivity contribution in [3.05, 3.63) is 65.5 Å². The molecule has 29 heavy (non-hydrogen) atoms. The summed E-state index contributed by atoms with van der Waals surface area (Å²) >= 11 is 0. The Morgan fingerprint density at radius 3 is 2.69 bits per heavy atom. The summed E-state index contributed by atoms with van der Waals surface area (Å²) in [6.07, 6.45) is 1.70. The second-order valence-corrected chi connectivity index (χ2v) is 7.89. The first-order valence-corrected chi connectivity index (χ1v) is 10.1. The number of halogens is 1. The van der Waals surface area contributed by atoms with E-state index in [2.05, 4.69) is 22.8 Å². The van der Waals surface area contributed by atoms with Crippen molar-refractivity contribution in [3.63, 3.8) is 0 Å². The summed E-state index contributed by atoms with van der Waals surface area (Å²) in [4.78, 5) is 12.3. The fourth-order valence-corrected chi connectivity index (χ4v) is 4.93. The topological polar surface area (TPSA) is 59.6 Å². The number of carbonyl (C=O) groups excluding carboxylic acids is 1. The first kappa shape index (κ1) is 19.9. The van der Waals surface area contributed by atoms with E-state index in [-0.39, 0.29) is 35.8 Å². The van der Waals surface area contributed by atoms with Crippen LogP contribution in [-0.2, 0) is 16.1 Å². The van der Waals surface area contributed by atoms with Gasteiger partial charge in [0, 0.05) is 30.2 Å². The van der Waals surface area contributed by atoms with Crippen molar-refractivity contribution in [2.75, 3.05) is 14.2 Å². The highest BCUT2D eigenvalue weighted by Crippen LogP contribution is 2.43. The molecule has 6 heteroatoms. The normalized spacial score (nSPS) is 28.2. The van der Waals surface area contributed by atoms with Gasteiger partial charge in [0.05, 0.1) is 20.1 Å². The third-order valence-corrected chi connectivity index (χ3v) is 6.29. The number of nitrogens with one attached hydrogen (secondary N) is 2. The highest BCUT2D eigenvalue weighted by atomic mass is 19.1. The van der Waals surface area contributed by atoms with Crippen LogP contribution < -0.4 is 15.4 Å². The second-order valence-electron chi connectivity index (χ2n) is 7.89. The Morgan fingerprint density at radius 2 is 1.97 bits per heavy atom. The van der Waals surface area contributed by atoms with E-state index in [0.717, 1.165) is 18.4 Å². The van der Waals surface area contributed by atoms with Gasteiger partial charge in [-0.2, -0.15) is 0 Å². The molecule has 5 nitrogen and oxygen atoms in total. The minimum atomic E-state index is -0.282. The SMILES string of the molecule is COC(=O)C1CC2CC1NC(c1ccccc1)C2NCc1cc(F)ccc1OC. The molecule has 5 atom stereocenters. The van der Waals surface area contributed by atoms with Crippen LogP contribution in [-0.4, -0.2) is 32.3 Å². The second kappa shape index (κ2) is 8.51. The van der Waals surface area contributed by atoms with Crippen LogP contribution >= 0.6 is 0 Å². The number of methoxy groups -OCH3 is 2. The molecule has 4 rings (SSSR count). The number of esters is 1. The molecule has 0 aromatic heterocycles. The lowest BCUT2D eigenvalue weighted by molar-refractivity contribution is -0.145. The predicted molar refractivity (Wildman–Crippen MR) is 108 cm³/mol. The van der Waals surface area contributed by atoms with Gasteiger partial charge in [-0.3, -0.25) is 4.79 Å². The van der Waals surface area contributed by atoms with E-state index in [9.17, 15) is 9.18 Å². The number of fused-ring (bicyclic) bond motifs is 2. The number of benzene rings is 2. The lowest BCUT2D eigenvalue weighted by Crippen LogP contribution is -2.52. The minimum absolute atomic E-state index is 0.0640. The zero-order chi connectivity index (χ0) is 20.4. The molecule has 2 fully saturated rings.